The second-order valence-corrected chi connectivity index (χ2v) is 15.1. The van der Waals surface area contributed by atoms with Gasteiger partial charge in [0.15, 0.2) is 0 Å². The van der Waals surface area contributed by atoms with Gasteiger partial charge in [0.2, 0.25) is 0 Å². The Morgan fingerprint density at radius 1 is 1.10 bits per heavy atom. The Hall–Kier alpha value is -0.860. The van der Waals surface area contributed by atoms with E-state index in [2.05, 4.69) is 26.5 Å². The number of aliphatic hydroxyl groups is 2. The third-order valence-electron chi connectivity index (χ3n) is 10.8. The van der Waals surface area contributed by atoms with E-state index in [1.54, 1.807) is 6.92 Å². The summed E-state index contributed by atoms with van der Waals surface area (Å²) in [6, 6.07) is 0. The van der Waals surface area contributed by atoms with E-state index in [9.17, 15) is 31.6 Å². The molecule has 224 valence electrons. The van der Waals surface area contributed by atoms with Gasteiger partial charge >= 0.3 is 20.8 Å². The molecule has 4 rings (SSSR count). The summed E-state index contributed by atoms with van der Waals surface area (Å²) in [6.45, 7) is 9.88. The quantitative estimate of drug-likeness (QED) is 0.216. The summed E-state index contributed by atoms with van der Waals surface area (Å²) in [5.41, 5.74) is 1.35. The third-order valence-corrected chi connectivity index (χ3v) is 11.7. The van der Waals surface area contributed by atoms with E-state index in [0.717, 1.165) is 37.7 Å². The normalized spacial score (nSPS) is 40.1. The van der Waals surface area contributed by atoms with Gasteiger partial charge in [-0.15, -0.1) is 0 Å². The first-order valence-corrected chi connectivity index (χ1v) is 16.7. The molecule has 3 saturated carbocycles. The fourth-order valence-electron chi connectivity index (χ4n) is 8.94. The molecule has 3 fully saturated rings. The Morgan fingerprint density at radius 2 is 1.79 bits per heavy atom. The van der Waals surface area contributed by atoms with Crippen molar-refractivity contribution >= 4 is 20.8 Å². The summed E-state index contributed by atoms with van der Waals surface area (Å²) in [5, 5.41) is 21.2. The van der Waals surface area contributed by atoms with Gasteiger partial charge in [-0.05, 0) is 105 Å². The van der Waals surface area contributed by atoms with Crippen LogP contribution in [0.4, 0.5) is 0 Å². The molecule has 0 aromatic carbocycles. The molecule has 10 unspecified atom stereocenters. The minimum absolute atomic E-state index is 0.0752. The van der Waals surface area contributed by atoms with Crippen molar-refractivity contribution in [2.24, 2.45) is 40.4 Å². The summed E-state index contributed by atoms with van der Waals surface area (Å²) < 4.78 is 73.6. The van der Waals surface area contributed by atoms with Gasteiger partial charge in [-0.3, -0.25) is 9.11 Å². The van der Waals surface area contributed by atoms with Gasteiger partial charge in [0.1, 0.15) is 6.10 Å². The first kappa shape index (κ1) is 31.1. The Labute approximate surface area is 232 Å². The number of aliphatic hydroxyl groups excluding tert-OH is 2. The molecule has 0 bridgehead atoms. The fraction of sp³-hybridized carbons (Fsp3) is 0.852. The highest BCUT2D eigenvalue weighted by Gasteiger charge is 2.60. The lowest BCUT2D eigenvalue weighted by Gasteiger charge is -2.59. The maximum Gasteiger partial charge on any atom is 0.397 e. The van der Waals surface area contributed by atoms with E-state index < -0.39 is 39.1 Å². The molecule has 12 heteroatoms. The van der Waals surface area contributed by atoms with E-state index in [1.165, 1.54) is 0 Å². The van der Waals surface area contributed by atoms with Gasteiger partial charge < -0.3 is 10.2 Å². The average Bonchev–Trinajstić information content (AvgIpc) is 3.15. The molecule has 0 heterocycles. The van der Waals surface area contributed by atoms with Gasteiger partial charge in [0, 0.05) is 0 Å². The molecule has 0 aromatic rings. The maximum absolute atomic E-state index is 11.4. The Bertz CT molecular complexity index is 1180. The second kappa shape index (κ2) is 11.1. The van der Waals surface area contributed by atoms with Crippen molar-refractivity contribution in [2.75, 3.05) is 6.61 Å². The maximum atomic E-state index is 11.4. The first-order chi connectivity index (χ1) is 17.9. The number of hydrogen-bond acceptors (Lipinski definition) is 8. The van der Waals surface area contributed by atoms with Gasteiger partial charge in [-0.25, -0.2) is 8.37 Å². The molecule has 0 saturated heterocycles. The number of rotatable bonds is 10. The zero-order valence-electron chi connectivity index (χ0n) is 23.0. The SMILES string of the molecule is C=C(C)C(O)CCC(COS(=O)(=O)O)C1CCC2C3CC=C4CC(OS(=O)(=O)O)C(O)CC4(C)C3CCC12C. The van der Waals surface area contributed by atoms with Gasteiger partial charge in [-0.2, -0.15) is 16.8 Å². The number of hydrogen-bond donors (Lipinski definition) is 4. The van der Waals surface area contributed by atoms with Crippen LogP contribution in [-0.2, 0) is 29.2 Å². The molecule has 4 aliphatic carbocycles. The third kappa shape index (κ3) is 6.48. The van der Waals surface area contributed by atoms with Crippen LogP contribution in [0.15, 0.2) is 23.8 Å². The molecular formula is C27H44O10S2. The van der Waals surface area contributed by atoms with Crippen LogP contribution in [0.2, 0.25) is 0 Å². The average molecular weight is 593 g/mol. The van der Waals surface area contributed by atoms with Crippen LogP contribution >= 0.6 is 0 Å². The van der Waals surface area contributed by atoms with Crippen molar-refractivity contribution in [3.63, 3.8) is 0 Å². The smallest absolute Gasteiger partial charge is 0.390 e. The van der Waals surface area contributed by atoms with Crippen molar-refractivity contribution in [1.29, 1.82) is 0 Å². The zero-order valence-corrected chi connectivity index (χ0v) is 24.7. The van der Waals surface area contributed by atoms with Crippen LogP contribution < -0.4 is 0 Å². The minimum Gasteiger partial charge on any atom is -0.390 e. The Morgan fingerprint density at radius 3 is 2.41 bits per heavy atom. The lowest BCUT2D eigenvalue weighted by atomic mass is 9.46. The van der Waals surface area contributed by atoms with E-state index in [0.29, 0.717) is 42.6 Å². The molecule has 0 spiro atoms. The molecule has 4 aliphatic rings. The standard InChI is InChI=1S/C27H44O10S2/c1-16(2)23(28)10-5-17(15-36-38(30,31)32)20-8-9-21-19-7-6-18-13-25(37-39(33,34)35)24(29)14-27(18,4)22(19)11-12-26(20,21)3/h6,17,19-25,28-29H,1,5,7-15H2,2-4H3,(H,30,31,32)(H,33,34,35). The lowest BCUT2D eigenvalue weighted by Crippen LogP contribution is -2.54. The van der Waals surface area contributed by atoms with Gasteiger partial charge in [0.05, 0.1) is 18.8 Å². The van der Waals surface area contributed by atoms with E-state index in [4.69, 9.17) is 12.9 Å². The predicted molar refractivity (Wildman–Crippen MR) is 144 cm³/mol. The fourth-order valence-corrected chi connectivity index (χ4v) is 9.79. The Kier molecular flexibility index (Phi) is 8.84. The molecule has 10 atom stereocenters. The monoisotopic (exact) mass is 592 g/mol. The van der Waals surface area contributed by atoms with Gasteiger partial charge in [-0.1, -0.05) is 37.6 Å². The topological polar surface area (TPSA) is 168 Å². The van der Waals surface area contributed by atoms with Crippen molar-refractivity contribution in [3.8, 4) is 0 Å². The van der Waals surface area contributed by atoms with Crippen molar-refractivity contribution in [3.05, 3.63) is 23.8 Å². The second-order valence-electron chi connectivity index (χ2n) is 12.9. The summed E-state index contributed by atoms with van der Waals surface area (Å²) in [5.74, 6) is 1.03. The van der Waals surface area contributed by atoms with Crippen molar-refractivity contribution in [2.45, 2.75) is 96.9 Å². The van der Waals surface area contributed by atoms with Crippen LogP contribution in [0, 0.1) is 40.4 Å². The largest absolute Gasteiger partial charge is 0.397 e. The summed E-state index contributed by atoms with van der Waals surface area (Å²) in [6.07, 6.45) is 5.61. The summed E-state index contributed by atoms with van der Waals surface area (Å²) in [4.78, 5) is 0. The van der Waals surface area contributed by atoms with Crippen LogP contribution in [0.1, 0.15) is 78.6 Å². The van der Waals surface area contributed by atoms with Crippen LogP contribution in [-0.4, -0.2) is 61.1 Å². The zero-order chi connectivity index (χ0) is 29.0. The van der Waals surface area contributed by atoms with Crippen LogP contribution in [0.25, 0.3) is 0 Å². The number of allylic oxidation sites excluding steroid dienone is 1. The lowest BCUT2D eigenvalue weighted by molar-refractivity contribution is -0.0867. The molecule has 39 heavy (non-hydrogen) atoms. The van der Waals surface area contributed by atoms with Gasteiger partial charge in [0.25, 0.3) is 0 Å². The van der Waals surface area contributed by atoms with Crippen molar-refractivity contribution in [1.82, 2.24) is 0 Å². The van der Waals surface area contributed by atoms with E-state index in [1.807, 2.05) is 0 Å². The minimum atomic E-state index is -4.67. The summed E-state index contributed by atoms with van der Waals surface area (Å²) in [7, 11) is -9.26. The highest BCUT2D eigenvalue weighted by molar-refractivity contribution is 7.81. The van der Waals surface area contributed by atoms with Crippen LogP contribution in [0.5, 0.6) is 0 Å². The molecular weight excluding hydrogens is 548 g/mol. The highest BCUT2D eigenvalue weighted by Crippen LogP contribution is 2.67. The van der Waals surface area contributed by atoms with E-state index >= 15 is 0 Å². The predicted octanol–water partition coefficient (Wildman–Crippen LogP) is 3.88. The van der Waals surface area contributed by atoms with Crippen molar-refractivity contribution < 1.29 is 44.5 Å². The van der Waals surface area contributed by atoms with E-state index in [-0.39, 0.29) is 35.7 Å². The first-order valence-electron chi connectivity index (χ1n) is 13.9. The molecule has 0 aliphatic heterocycles. The molecule has 0 radical (unpaired) electrons. The molecule has 0 aromatic heterocycles. The molecule has 4 N–H and O–H groups in total. The molecule has 10 nitrogen and oxygen atoms in total. The highest BCUT2D eigenvalue weighted by atomic mass is 32.3. The number of fused-ring (bicyclic) bond motifs is 5. The summed E-state index contributed by atoms with van der Waals surface area (Å²) >= 11 is 0. The molecule has 0 amide bonds. The van der Waals surface area contributed by atoms with Crippen LogP contribution in [0.3, 0.4) is 0 Å². The Balaban J connectivity index is 1.55.